The zero-order chi connectivity index (χ0) is 13.8. The number of esters is 1. The second kappa shape index (κ2) is 5.91. The van der Waals surface area contributed by atoms with E-state index in [1.54, 1.807) is 13.8 Å². The van der Waals surface area contributed by atoms with Gasteiger partial charge in [0.25, 0.3) is 0 Å². The first-order valence-corrected chi connectivity index (χ1v) is 6.74. The van der Waals surface area contributed by atoms with Gasteiger partial charge >= 0.3 is 5.97 Å². The maximum absolute atomic E-state index is 11.7. The van der Waals surface area contributed by atoms with Crippen LogP contribution in [-0.4, -0.2) is 12.3 Å². The van der Waals surface area contributed by atoms with Crippen LogP contribution in [0.2, 0.25) is 0 Å². The summed E-state index contributed by atoms with van der Waals surface area (Å²) < 4.78 is 10.8. The number of carbonyl (C=O) groups is 1. The lowest BCUT2D eigenvalue weighted by Gasteiger charge is -2.29. The minimum absolute atomic E-state index is 0.220. The van der Waals surface area contributed by atoms with E-state index in [4.69, 9.17) is 9.47 Å². The zero-order valence-corrected chi connectivity index (χ0v) is 11.7. The molecule has 1 aromatic rings. The van der Waals surface area contributed by atoms with Gasteiger partial charge in [-0.1, -0.05) is 37.3 Å². The fourth-order valence-electron chi connectivity index (χ4n) is 2.35. The lowest BCUT2D eigenvalue weighted by molar-refractivity contribution is -0.172. The summed E-state index contributed by atoms with van der Waals surface area (Å²) >= 11 is 0. The minimum Gasteiger partial charge on any atom is -0.459 e. The van der Waals surface area contributed by atoms with Crippen molar-refractivity contribution < 1.29 is 14.3 Å². The molecule has 3 heteroatoms. The van der Waals surface area contributed by atoms with Gasteiger partial charge in [0.05, 0.1) is 5.57 Å². The standard InChI is InChI=1S/C16H20O3/c1-4-14(10-13-8-6-5-7-9-13)15-11(2)16(17)19-12(3)18-15/h5-9,12,14H,4,10H2,1-3H3. The van der Waals surface area contributed by atoms with Crippen molar-refractivity contribution in [2.45, 2.75) is 39.9 Å². The SMILES string of the molecule is CCC(Cc1ccccc1)C1=C(C)C(=O)OC(C)O1. The van der Waals surface area contributed by atoms with Gasteiger partial charge < -0.3 is 9.47 Å². The van der Waals surface area contributed by atoms with Crippen LogP contribution in [0.3, 0.4) is 0 Å². The van der Waals surface area contributed by atoms with Crippen LogP contribution >= 0.6 is 0 Å². The highest BCUT2D eigenvalue weighted by atomic mass is 16.7. The van der Waals surface area contributed by atoms with E-state index in [1.165, 1.54) is 5.56 Å². The largest absolute Gasteiger partial charge is 0.459 e. The van der Waals surface area contributed by atoms with Crippen LogP contribution in [0, 0.1) is 5.92 Å². The number of allylic oxidation sites excluding steroid dienone is 1. The van der Waals surface area contributed by atoms with Crippen LogP contribution in [0.4, 0.5) is 0 Å². The summed E-state index contributed by atoms with van der Waals surface area (Å²) in [4.78, 5) is 11.7. The van der Waals surface area contributed by atoms with E-state index in [0.717, 1.165) is 18.6 Å². The van der Waals surface area contributed by atoms with E-state index in [9.17, 15) is 4.79 Å². The van der Waals surface area contributed by atoms with Crippen LogP contribution in [0.25, 0.3) is 0 Å². The molecule has 0 N–H and O–H groups in total. The smallest absolute Gasteiger partial charge is 0.340 e. The summed E-state index contributed by atoms with van der Waals surface area (Å²) in [5.74, 6) is 0.744. The number of rotatable bonds is 4. The topological polar surface area (TPSA) is 35.5 Å². The second-order valence-corrected chi connectivity index (χ2v) is 4.87. The molecule has 2 rings (SSSR count). The van der Waals surface area contributed by atoms with E-state index >= 15 is 0 Å². The Morgan fingerprint density at radius 1 is 1.21 bits per heavy atom. The average molecular weight is 260 g/mol. The Morgan fingerprint density at radius 3 is 2.53 bits per heavy atom. The van der Waals surface area contributed by atoms with Gasteiger partial charge in [-0.05, 0) is 25.3 Å². The Balaban J connectivity index is 2.21. The molecule has 0 radical (unpaired) electrons. The van der Waals surface area contributed by atoms with Crippen molar-refractivity contribution in [1.29, 1.82) is 0 Å². The third-order valence-electron chi connectivity index (χ3n) is 3.43. The Hall–Kier alpha value is -1.77. The number of ether oxygens (including phenoxy) is 2. The predicted molar refractivity (Wildman–Crippen MR) is 73.3 cm³/mol. The van der Waals surface area contributed by atoms with Gasteiger partial charge in [0.1, 0.15) is 5.76 Å². The third-order valence-corrected chi connectivity index (χ3v) is 3.43. The Kier molecular flexibility index (Phi) is 4.25. The highest BCUT2D eigenvalue weighted by Crippen LogP contribution is 2.29. The maximum Gasteiger partial charge on any atom is 0.340 e. The number of carbonyl (C=O) groups excluding carboxylic acids is 1. The van der Waals surface area contributed by atoms with Crippen molar-refractivity contribution in [3.8, 4) is 0 Å². The molecule has 3 nitrogen and oxygen atoms in total. The highest BCUT2D eigenvalue weighted by Gasteiger charge is 2.29. The Bertz CT molecular complexity index is 476. The molecule has 0 amide bonds. The lowest BCUT2D eigenvalue weighted by atomic mass is 9.92. The van der Waals surface area contributed by atoms with E-state index in [-0.39, 0.29) is 11.9 Å². The van der Waals surface area contributed by atoms with Crippen molar-refractivity contribution >= 4 is 5.97 Å². The lowest BCUT2D eigenvalue weighted by Crippen LogP contribution is -2.29. The van der Waals surface area contributed by atoms with Gasteiger partial charge in [-0.2, -0.15) is 0 Å². The number of cyclic esters (lactones) is 1. The van der Waals surface area contributed by atoms with Gasteiger partial charge in [-0.15, -0.1) is 0 Å². The molecule has 0 spiro atoms. The molecule has 1 heterocycles. The predicted octanol–water partition coefficient (Wildman–Crippen LogP) is 3.45. The Morgan fingerprint density at radius 2 is 1.89 bits per heavy atom. The molecule has 19 heavy (non-hydrogen) atoms. The highest BCUT2D eigenvalue weighted by molar-refractivity contribution is 5.89. The van der Waals surface area contributed by atoms with E-state index < -0.39 is 6.29 Å². The van der Waals surface area contributed by atoms with Crippen LogP contribution in [0.5, 0.6) is 0 Å². The summed E-state index contributed by atoms with van der Waals surface area (Å²) in [7, 11) is 0. The van der Waals surface area contributed by atoms with Crippen LogP contribution in [-0.2, 0) is 20.7 Å². The minimum atomic E-state index is -0.490. The van der Waals surface area contributed by atoms with Crippen molar-refractivity contribution in [2.75, 3.05) is 0 Å². The van der Waals surface area contributed by atoms with Gasteiger partial charge in [0, 0.05) is 12.8 Å². The molecule has 1 aliphatic rings. The van der Waals surface area contributed by atoms with Crippen molar-refractivity contribution in [3.63, 3.8) is 0 Å². The first-order valence-electron chi connectivity index (χ1n) is 6.74. The summed E-state index contributed by atoms with van der Waals surface area (Å²) in [6, 6.07) is 10.3. The molecule has 0 aromatic heterocycles. The molecule has 0 fully saturated rings. The molecule has 1 aromatic carbocycles. The van der Waals surface area contributed by atoms with Crippen LogP contribution in [0.15, 0.2) is 41.7 Å². The van der Waals surface area contributed by atoms with Gasteiger partial charge in [-0.25, -0.2) is 4.79 Å². The normalized spacial score (nSPS) is 20.8. The molecule has 1 aliphatic heterocycles. The third kappa shape index (κ3) is 3.16. The van der Waals surface area contributed by atoms with Crippen molar-refractivity contribution in [2.24, 2.45) is 5.92 Å². The molecule has 2 unspecified atom stereocenters. The fourth-order valence-corrected chi connectivity index (χ4v) is 2.35. The quantitative estimate of drug-likeness (QED) is 0.778. The van der Waals surface area contributed by atoms with Gasteiger partial charge in [0.15, 0.2) is 0 Å². The first kappa shape index (κ1) is 13.7. The number of hydrogen-bond acceptors (Lipinski definition) is 3. The maximum atomic E-state index is 11.7. The van der Waals surface area contributed by atoms with Crippen LogP contribution < -0.4 is 0 Å². The average Bonchev–Trinajstić information content (AvgIpc) is 2.41. The van der Waals surface area contributed by atoms with Crippen molar-refractivity contribution in [3.05, 3.63) is 47.2 Å². The number of benzene rings is 1. The molecule has 102 valence electrons. The van der Waals surface area contributed by atoms with Crippen LogP contribution in [0.1, 0.15) is 32.8 Å². The van der Waals surface area contributed by atoms with E-state index in [2.05, 4.69) is 19.1 Å². The summed E-state index contributed by atoms with van der Waals surface area (Å²) in [6.45, 7) is 5.64. The van der Waals surface area contributed by atoms with E-state index in [0.29, 0.717) is 5.57 Å². The summed E-state index contributed by atoms with van der Waals surface area (Å²) in [5, 5.41) is 0. The van der Waals surface area contributed by atoms with Gasteiger partial charge in [0.2, 0.25) is 6.29 Å². The Labute approximate surface area is 114 Å². The molecule has 0 saturated carbocycles. The molecule has 0 saturated heterocycles. The molecular weight excluding hydrogens is 240 g/mol. The van der Waals surface area contributed by atoms with E-state index in [1.807, 2.05) is 18.2 Å². The summed E-state index contributed by atoms with van der Waals surface area (Å²) in [6.07, 6.45) is 1.32. The van der Waals surface area contributed by atoms with Gasteiger partial charge in [-0.3, -0.25) is 0 Å². The molecule has 2 atom stereocenters. The molecule has 0 bridgehead atoms. The molecule has 0 aliphatic carbocycles. The second-order valence-electron chi connectivity index (χ2n) is 4.87. The first-order chi connectivity index (χ1) is 9.11. The molecular formula is C16H20O3. The summed E-state index contributed by atoms with van der Waals surface area (Å²) in [5.41, 5.74) is 1.85. The zero-order valence-electron chi connectivity index (χ0n) is 11.7. The fraction of sp³-hybridized carbons (Fsp3) is 0.438. The number of hydrogen-bond donors (Lipinski definition) is 0. The van der Waals surface area contributed by atoms with Crippen molar-refractivity contribution in [1.82, 2.24) is 0 Å². The monoisotopic (exact) mass is 260 g/mol.